The highest BCUT2D eigenvalue weighted by Gasteiger charge is 2.22. The molecule has 1 aromatic carbocycles. The monoisotopic (exact) mass is 317 g/mol. The van der Waals surface area contributed by atoms with Crippen LogP contribution < -0.4 is 10.6 Å². The predicted molar refractivity (Wildman–Crippen MR) is 95.5 cm³/mol. The van der Waals surface area contributed by atoms with Gasteiger partial charge < -0.3 is 10.6 Å². The SMILES string of the molecule is NC1CCN(c2cc(-c3ccccc3)nc(-c3cccnc3)n2)C1. The van der Waals surface area contributed by atoms with E-state index in [1.54, 1.807) is 12.4 Å². The number of anilines is 1. The molecule has 0 saturated carbocycles. The highest BCUT2D eigenvalue weighted by Crippen LogP contribution is 2.27. The van der Waals surface area contributed by atoms with E-state index in [0.717, 1.165) is 42.1 Å². The summed E-state index contributed by atoms with van der Waals surface area (Å²) in [6, 6.07) is 16.3. The molecule has 0 aliphatic carbocycles. The minimum Gasteiger partial charge on any atom is -0.355 e. The van der Waals surface area contributed by atoms with Crippen LogP contribution in [0.4, 0.5) is 5.82 Å². The minimum absolute atomic E-state index is 0.210. The Morgan fingerprint density at radius 1 is 1.00 bits per heavy atom. The van der Waals surface area contributed by atoms with Gasteiger partial charge in [0.15, 0.2) is 5.82 Å². The van der Waals surface area contributed by atoms with E-state index in [2.05, 4.69) is 22.0 Å². The second-order valence-corrected chi connectivity index (χ2v) is 6.04. The van der Waals surface area contributed by atoms with E-state index in [-0.39, 0.29) is 6.04 Å². The maximum Gasteiger partial charge on any atom is 0.163 e. The van der Waals surface area contributed by atoms with Crippen LogP contribution in [0.25, 0.3) is 22.6 Å². The van der Waals surface area contributed by atoms with Crippen molar-refractivity contribution in [1.82, 2.24) is 15.0 Å². The molecule has 4 rings (SSSR count). The van der Waals surface area contributed by atoms with Crippen LogP contribution in [0.15, 0.2) is 60.9 Å². The molecule has 3 heterocycles. The Morgan fingerprint density at radius 2 is 1.83 bits per heavy atom. The van der Waals surface area contributed by atoms with E-state index in [1.165, 1.54) is 0 Å². The van der Waals surface area contributed by atoms with Crippen LogP contribution >= 0.6 is 0 Å². The van der Waals surface area contributed by atoms with Crippen LogP contribution in [0.5, 0.6) is 0 Å². The molecule has 1 aliphatic rings. The summed E-state index contributed by atoms with van der Waals surface area (Å²) in [4.78, 5) is 15.9. The standard InChI is InChI=1S/C19H19N5/c20-16-8-10-24(13-16)18-11-17(14-5-2-1-3-6-14)22-19(23-18)15-7-4-9-21-12-15/h1-7,9,11-12,16H,8,10,13,20H2. The van der Waals surface area contributed by atoms with Crippen molar-refractivity contribution in [2.24, 2.45) is 5.73 Å². The molecule has 2 N–H and O–H groups in total. The third-order valence-electron chi connectivity index (χ3n) is 4.25. The van der Waals surface area contributed by atoms with E-state index in [4.69, 9.17) is 15.7 Å². The molecule has 120 valence electrons. The normalized spacial score (nSPS) is 17.2. The summed E-state index contributed by atoms with van der Waals surface area (Å²) in [7, 11) is 0. The number of pyridine rings is 1. The first-order chi connectivity index (χ1) is 11.8. The number of rotatable bonds is 3. The molecule has 5 heteroatoms. The van der Waals surface area contributed by atoms with Crippen LogP contribution in [0, 0.1) is 0 Å². The highest BCUT2D eigenvalue weighted by atomic mass is 15.2. The third kappa shape index (κ3) is 2.98. The maximum atomic E-state index is 6.07. The van der Waals surface area contributed by atoms with E-state index in [0.29, 0.717) is 5.82 Å². The van der Waals surface area contributed by atoms with E-state index >= 15 is 0 Å². The molecule has 5 nitrogen and oxygen atoms in total. The van der Waals surface area contributed by atoms with Gasteiger partial charge in [-0.15, -0.1) is 0 Å². The van der Waals surface area contributed by atoms with Crippen LogP contribution in [0.2, 0.25) is 0 Å². The average molecular weight is 317 g/mol. The maximum absolute atomic E-state index is 6.07. The third-order valence-corrected chi connectivity index (χ3v) is 4.25. The van der Waals surface area contributed by atoms with Crippen molar-refractivity contribution >= 4 is 5.82 Å². The van der Waals surface area contributed by atoms with Crippen molar-refractivity contribution in [3.63, 3.8) is 0 Å². The molecule has 3 aromatic rings. The summed E-state index contributed by atoms with van der Waals surface area (Å²) in [6.07, 6.45) is 4.54. The molecule has 1 atom stereocenters. The summed E-state index contributed by atoms with van der Waals surface area (Å²) in [5, 5.41) is 0. The van der Waals surface area contributed by atoms with E-state index in [9.17, 15) is 0 Å². The quantitative estimate of drug-likeness (QED) is 0.804. The van der Waals surface area contributed by atoms with Crippen molar-refractivity contribution in [2.45, 2.75) is 12.5 Å². The lowest BCUT2D eigenvalue weighted by atomic mass is 10.1. The number of benzene rings is 1. The van der Waals surface area contributed by atoms with Gasteiger partial charge in [-0.25, -0.2) is 9.97 Å². The van der Waals surface area contributed by atoms with Crippen LogP contribution in [0.1, 0.15) is 6.42 Å². The molecule has 24 heavy (non-hydrogen) atoms. The molecule has 0 spiro atoms. The van der Waals surface area contributed by atoms with Gasteiger partial charge in [-0.1, -0.05) is 30.3 Å². The molecule has 0 radical (unpaired) electrons. The fraction of sp³-hybridized carbons (Fsp3) is 0.211. The van der Waals surface area contributed by atoms with E-state index in [1.807, 2.05) is 36.4 Å². The Hall–Kier alpha value is -2.79. The highest BCUT2D eigenvalue weighted by molar-refractivity contribution is 5.67. The topological polar surface area (TPSA) is 67.9 Å². The van der Waals surface area contributed by atoms with Gasteiger partial charge in [-0.3, -0.25) is 4.98 Å². The lowest BCUT2D eigenvalue weighted by Gasteiger charge is -2.18. The van der Waals surface area contributed by atoms with Crippen LogP contribution in [-0.2, 0) is 0 Å². The second-order valence-electron chi connectivity index (χ2n) is 6.04. The zero-order valence-electron chi connectivity index (χ0n) is 13.3. The van der Waals surface area contributed by atoms with Gasteiger partial charge in [0.05, 0.1) is 5.69 Å². The molecule has 0 amide bonds. The lowest BCUT2D eigenvalue weighted by Crippen LogP contribution is -2.27. The van der Waals surface area contributed by atoms with Gasteiger partial charge in [0.2, 0.25) is 0 Å². The van der Waals surface area contributed by atoms with Gasteiger partial charge in [-0.05, 0) is 18.6 Å². The van der Waals surface area contributed by atoms with Gasteiger partial charge in [0.25, 0.3) is 0 Å². The molecule has 1 fully saturated rings. The molecule has 1 saturated heterocycles. The summed E-state index contributed by atoms with van der Waals surface area (Å²) in [5.41, 5.74) is 8.98. The van der Waals surface area contributed by atoms with Crippen LogP contribution in [0.3, 0.4) is 0 Å². The number of nitrogens with two attached hydrogens (primary N) is 1. The van der Waals surface area contributed by atoms with Crippen molar-refractivity contribution in [3.05, 3.63) is 60.9 Å². The molecular formula is C19H19N5. The Kier molecular flexibility index (Phi) is 3.92. The van der Waals surface area contributed by atoms with Crippen molar-refractivity contribution in [2.75, 3.05) is 18.0 Å². The Labute approximate surface area is 141 Å². The summed E-state index contributed by atoms with van der Waals surface area (Å²) < 4.78 is 0. The number of hydrogen-bond acceptors (Lipinski definition) is 5. The summed E-state index contributed by atoms with van der Waals surface area (Å²) >= 11 is 0. The second kappa shape index (κ2) is 6.37. The molecule has 1 aliphatic heterocycles. The molecular weight excluding hydrogens is 298 g/mol. The first-order valence-corrected chi connectivity index (χ1v) is 8.15. The summed E-state index contributed by atoms with van der Waals surface area (Å²) in [6.45, 7) is 1.76. The number of hydrogen-bond donors (Lipinski definition) is 1. The lowest BCUT2D eigenvalue weighted by molar-refractivity contribution is 0.751. The largest absolute Gasteiger partial charge is 0.355 e. The van der Waals surface area contributed by atoms with Gasteiger partial charge in [0, 0.05) is 48.7 Å². The minimum atomic E-state index is 0.210. The zero-order valence-corrected chi connectivity index (χ0v) is 13.3. The fourth-order valence-corrected chi connectivity index (χ4v) is 2.97. The Morgan fingerprint density at radius 3 is 2.54 bits per heavy atom. The van der Waals surface area contributed by atoms with Crippen LogP contribution in [-0.4, -0.2) is 34.1 Å². The smallest absolute Gasteiger partial charge is 0.163 e. The van der Waals surface area contributed by atoms with E-state index < -0.39 is 0 Å². The van der Waals surface area contributed by atoms with Crippen molar-refractivity contribution in [1.29, 1.82) is 0 Å². The molecule has 1 unspecified atom stereocenters. The van der Waals surface area contributed by atoms with Crippen molar-refractivity contribution in [3.8, 4) is 22.6 Å². The fourth-order valence-electron chi connectivity index (χ4n) is 2.97. The zero-order chi connectivity index (χ0) is 16.4. The first kappa shape index (κ1) is 14.8. The molecule has 0 bridgehead atoms. The number of nitrogens with zero attached hydrogens (tertiary/aromatic N) is 4. The van der Waals surface area contributed by atoms with Crippen molar-refractivity contribution < 1.29 is 0 Å². The predicted octanol–water partition coefficient (Wildman–Crippen LogP) is 2.74. The average Bonchev–Trinajstić information content (AvgIpc) is 3.09. The molecule has 2 aromatic heterocycles. The number of aromatic nitrogens is 3. The first-order valence-electron chi connectivity index (χ1n) is 8.15. The van der Waals surface area contributed by atoms with Gasteiger partial charge in [-0.2, -0.15) is 0 Å². The Bertz CT molecular complexity index is 762. The van der Waals surface area contributed by atoms with Gasteiger partial charge in [0.1, 0.15) is 5.82 Å². The van der Waals surface area contributed by atoms with Gasteiger partial charge >= 0.3 is 0 Å². The summed E-state index contributed by atoms with van der Waals surface area (Å²) in [5.74, 6) is 1.62. The Balaban J connectivity index is 1.82.